The second kappa shape index (κ2) is 9.25. The van der Waals surface area contributed by atoms with Gasteiger partial charge in [0, 0.05) is 35.2 Å². The number of carbonyl (C=O) groups is 2. The Kier molecular flexibility index (Phi) is 6.23. The highest BCUT2D eigenvalue weighted by atomic mass is 35.5. The number of aryl methyl sites for hydroxylation is 1. The van der Waals surface area contributed by atoms with Crippen LogP contribution in [-0.4, -0.2) is 22.4 Å². The highest BCUT2D eigenvalue weighted by Gasteiger charge is 2.28. The van der Waals surface area contributed by atoms with E-state index in [9.17, 15) is 19.7 Å². The van der Waals surface area contributed by atoms with Gasteiger partial charge in [-0.2, -0.15) is 5.10 Å². The fourth-order valence-corrected chi connectivity index (χ4v) is 3.84. The molecule has 1 aliphatic rings. The van der Waals surface area contributed by atoms with Crippen LogP contribution < -0.4 is 10.7 Å². The minimum atomic E-state index is -0.535. The molecular weight excluding hydrogens is 448 g/mol. The molecule has 1 aromatic heterocycles. The largest absolute Gasteiger partial charge is 0.455 e. The number of rotatable bonds is 5. The summed E-state index contributed by atoms with van der Waals surface area (Å²) >= 11 is 6.13. The monoisotopic (exact) mass is 466 g/mol. The van der Waals surface area contributed by atoms with Crippen molar-refractivity contribution < 1.29 is 18.9 Å². The van der Waals surface area contributed by atoms with E-state index in [1.807, 2.05) is 0 Å². The molecule has 0 unspecified atom stereocenters. The fraction of sp³-hybridized carbons (Fsp3) is 0.174. The molecule has 0 spiro atoms. The predicted octanol–water partition coefficient (Wildman–Crippen LogP) is 4.87. The minimum Gasteiger partial charge on any atom is -0.455 e. The molecule has 1 aliphatic carbocycles. The number of furan rings is 1. The van der Waals surface area contributed by atoms with Crippen molar-refractivity contribution in [2.45, 2.75) is 26.2 Å². The van der Waals surface area contributed by atoms with Crippen LogP contribution >= 0.6 is 11.6 Å². The third-order valence-corrected chi connectivity index (χ3v) is 5.62. The quantitative estimate of drug-likeness (QED) is 0.409. The van der Waals surface area contributed by atoms with Crippen molar-refractivity contribution >= 4 is 40.5 Å². The first-order valence-electron chi connectivity index (χ1n) is 10.1. The molecule has 0 aliphatic heterocycles. The van der Waals surface area contributed by atoms with Gasteiger partial charge < -0.3 is 9.73 Å². The molecule has 4 rings (SSSR count). The van der Waals surface area contributed by atoms with Crippen molar-refractivity contribution in [2.75, 3.05) is 5.32 Å². The molecule has 3 aromatic rings. The summed E-state index contributed by atoms with van der Waals surface area (Å²) < 4.78 is 5.86. The number of para-hydroxylation sites is 1. The third-order valence-electron chi connectivity index (χ3n) is 5.29. The number of nitrogens with zero attached hydrogens (tertiary/aromatic N) is 2. The van der Waals surface area contributed by atoms with E-state index in [4.69, 9.17) is 16.0 Å². The van der Waals surface area contributed by atoms with E-state index in [0.717, 1.165) is 6.42 Å². The first-order valence-corrected chi connectivity index (χ1v) is 10.5. The van der Waals surface area contributed by atoms with Crippen LogP contribution in [0, 0.1) is 17.0 Å². The lowest BCUT2D eigenvalue weighted by molar-refractivity contribution is -0.384. The molecule has 9 nitrogen and oxygen atoms in total. The lowest BCUT2D eigenvalue weighted by Crippen LogP contribution is -2.22. The summed E-state index contributed by atoms with van der Waals surface area (Å²) in [6.07, 6.45) is 1.99. The van der Waals surface area contributed by atoms with Gasteiger partial charge in [-0.05, 0) is 44.0 Å². The highest BCUT2D eigenvalue weighted by Crippen LogP contribution is 2.31. The molecule has 2 N–H and O–H groups in total. The van der Waals surface area contributed by atoms with Crippen LogP contribution in [0.1, 0.15) is 50.6 Å². The van der Waals surface area contributed by atoms with Gasteiger partial charge in [-0.3, -0.25) is 19.7 Å². The molecule has 2 amide bonds. The summed E-state index contributed by atoms with van der Waals surface area (Å²) in [5, 5.41) is 18.2. The number of carbonyl (C=O) groups excluding carboxylic acids is 2. The second-order valence-corrected chi connectivity index (χ2v) is 7.85. The van der Waals surface area contributed by atoms with Crippen LogP contribution in [0.2, 0.25) is 5.02 Å². The van der Waals surface area contributed by atoms with Gasteiger partial charge in [-0.15, -0.1) is 0 Å². The van der Waals surface area contributed by atoms with Crippen LogP contribution in [0.5, 0.6) is 0 Å². The van der Waals surface area contributed by atoms with E-state index in [1.54, 1.807) is 31.2 Å². The van der Waals surface area contributed by atoms with E-state index in [1.165, 1.54) is 24.3 Å². The molecule has 0 radical (unpaired) electrons. The molecule has 0 saturated heterocycles. The summed E-state index contributed by atoms with van der Waals surface area (Å²) in [4.78, 5) is 35.5. The molecule has 1 heterocycles. The second-order valence-electron chi connectivity index (χ2n) is 7.45. The zero-order valence-electron chi connectivity index (χ0n) is 17.6. The number of fused-ring (bicyclic) bond motifs is 1. The molecule has 0 saturated carbocycles. The standard InChI is InChI=1S/C23H19ClN4O5/c1-13-20-18(26-27-22(29)14-9-11-15(12-10-14)28(31)32)7-4-8-19(20)33-21(13)23(30)25-17-6-3-2-5-16(17)24/h2-3,5-6,9-12H,4,7-8H2,1H3,(H,25,30)(H,27,29)/b26-18+. The van der Waals surface area contributed by atoms with Crippen LogP contribution in [0.25, 0.3) is 0 Å². The van der Waals surface area contributed by atoms with E-state index >= 15 is 0 Å². The van der Waals surface area contributed by atoms with Gasteiger partial charge in [0.05, 0.1) is 21.3 Å². The Morgan fingerprint density at radius 3 is 2.52 bits per heavy atom. The van der Waals surface area contributed by atoms with Crippen molar-refractivity contribution in [3.05, 3.63) is 91.9 Å². The molecule has 33 heavy (non-hydrogen) atoms. The number of nitro benzene ring substituents is 1. The average molecular weight is 467 g/mol. The Bertz CT molecular complexity index is 1280. The maximum absolute atomic E-state index is 12.8. The van der Waals surface area contributed by atoms with Crippen LogP contribution in [0.4, 0.5) is 11.4 Å². The number of nitro groups is 1. The summed E-state index contributed by atoms with van der Waals surface area (Å²) in [6, 6.07) is 12.1. The third kappa shape index (κ3) is 4.63. The molecule has 2 aromatic carbocycles. The van der Waals surface area contributed by atoms with Crippen molar-refractivity contribution in [1.82, 2.24) is 5.43 Å². The number of hydrogen-bond donors (Lipinski definition) is 2. The minimum absolute atomic E-state index is 0.105. The molecule has 0 fully saturated rings. The number of non-ortho nitro benzene ring substituents is 1. The van der Waals surface area contributed by atoms with Gasteiger partial charge in [-0.25, -0.2) is 5.43 Å². The molecular formula is C23H19ClN4O5. The maximum Gasteiger partial charge on any atom is 0.291 e. The summed E-state index contributed by atoms with van der Waals surface area (Å²) in [5.41, 5.74) is 5.03. The number of halogens is 1. The first-order chi connectivity index (χ1) is 15.8. The molecule has 0 bridgehead atoms. The van der Waals surface area contributed by atoms with Gasteiger partial charge in [0.2, 0.25) is 0 Å². The lowest BCUT2D eigenvalue weighted by atomic mass is 9.93. The van der Waals surface area contributed by atoms with E-state index < -0.39 is 16.7 Å². The summed E-state index contributed by atoms with van der Waals surface area (Å²) in [7, 11) is 0. The van der Waals surface area contributed by atoms with Crippen LogP contribution in [0.3, 0.4) is 0 Å². The Labute approximate surface area is 193 Å². The van der Waals surface area contributed by atoms with Gasteiger partial charge in [0.25, 0.3) is 17.5 Å². The Morgan fingerprint density at radius 2 is 1.82 bits per heavy atom. The SMILES string of the molecule is Cc1c(C(=O)Nc2ccccc2Cl)oc2c1/C(=N/NC(=O)c1ccc([N+](=O)[O-])cc1)CCC2. The molecule has 0 atom stereocenters. The normalized spacial score (nSPS) is 13.9. The van der Waals surface area contributed by atoms with Crippen molar-refractivity contribution in [3.63, 3.8) is 0 Å². The number of anilines is 1. The fourth-order valence-electron chi connectivity index (χ4n) is 3.66. The number of hydrazone groups is 1. The van der Waals surface area contributed by atoms with Gasteiger partial charge in [0.15, 0.2) is 5.76 Å². The van der Waals surface area contributed by atoms with Gasteiger partial charge >= 0.3 is 0 Å². The molecule has 10 heteroatoms. The van der Waals surface area contributed by atoms with Crippen molar-refractivity contribution in [3.8, 4) is 0 Å². The predicted molar refractivity (Wildman–Crippen MR) is 123 cm³/mol. The highest BCUT2D eigenvalue weighted by molar-refractivity contribution is 6.33. The van der Waals surface area contributed by atoms with Crippen molar-refractivity contribution in [2.24, 2.45) is 5.10 Å². The number of nitrogens with one attached hydrogen (secondary N) is 2. The molecule has 168 valence electrons. The Balaban J connectivity index is 1.55. The van der Waals surface area contributed by atoms with Gasteiger partial charge in [0.1, 0.15) is 5.76 Å². The zero-order chi connectivity index (χ0) is 23.5. The lowest BCUT2D eigenvalue weighted by Gasteiger charge is -2.13. The summed E-state index contributed by atoms with van der Waals surface area (Å²) in [5.74, 6) is -0.130. The Morgan fingerprint density at radius 1 is 1.09 bits per heavy atom. The van der Waals surface area contributed by atoms with Crippen LogP contribution in [0.15, 0.2) is 58.0 Å². The number of benzene rings is 2. The van der Waals surface area contributed by atoms with Crippen molar-refractivity contribution in [1.29, 1.82) is 0 Å². The summed E-state index contributed by atoms with van der Waals surface area (Å²) in [6.45, 7) is 1.77. The smallest absolute Gasteiger partial charge is 0.291 e. The van der Waals surface area contributed by atoms with E-state index in [0.29, 0.717) is 46.2 Å². The van der Waals surface area contributed by atoms with E-state index in [2.05, 4.69) is 15.8 Å². The Hall–Kier alpha value is -3.98. The van der Waals surface area contributed by atoms with Crippen LogP contribution in [-0.2, 0) is 6.42 Å². The van der Waals surface area contributed by atoms with E-state index in [-0.39, 0.29) is 17.0 Å². The number of amides is 2. The maximum atomic E-state index is 12.8. The van der Waals surface area contributed by atoms with Gasteiger partial charge in [-0.1, -0.05) is 23.7 Å². The zero-order valence-corrected chi connectivity index (χ0v) is 18.3. The average Bonchev–Trinajstić information content (AvgIpc) is 3.16. The topological polar surface area (TPSA) is 127 Å². The number of hydrogen-bond acceptors (Lipinski definition) is 6. The first kappa shape index (κ1) is 22.2.